The van der Waals surface area contributed by atoms with Gasteiger partial charge in [0.15, 0.2) is 0 Å². The molecule has 8 heteroatoms. The molecule has 0 bridgehead atoms. The Morgan fingerprint density at radius 1 is 0.816 bits per heavy atom. The van der Waals surface area contributed by atoms with Crippen LogP contribution in [0.2, 0.25) is 5.02 Å². The number of fused-ring (bicyclic) bond motifs is 1. The molecule has 2 aromatic carbocycles. The zero-order chi connectivity index (χ0) is 26.7. The molecule has 2 aliphatic heterocycles. The number of hydrogen-bond acceptors (Lipinski definition) is 5. The van der Waals surface area contributed by atoms with Gasteiger partial charge in [-0.25, -0.2) is 0 Å². The number of halogens is 1. The fourth-order valence-electron chi connectivity index (χ4n) is 5.46. The highest BCUT2D eigenvalue weighted by Gasteiger charge is 2.23. The van der Waals surface area contributed by atoms with Crippen LogP contribution < -0.4 is 4.90 Å². The van der Waals surface area contributed by atoms with Crippen LogP contribution in [0.3, 0.4) is 0 Å². The number of hydrogen-bond donors (Lipinski definition) is 0. The monoisotopic (exact) mass is 540 g/mol. The van der Waals surface area contributed by atoms with Gasteiger partial charge in [-0.1, -0.05) is 41.9 Å². The van der Waals surface area contributed by atoms with Crippen LogP contribution in [-0.2, 0) is 27.4 Å². The summed E-state index contributed by atoms with van der Waals surface area (Å²) >= 11 is 6.10. The fraction of sp³-hybridized carbons (Fsp3) is 0.533. The van der Waals surface area contributed by atoms with Crippen LogP contribution >= 0.6 is 11.6 Å². The summed E-state index contributed by atoms with van der Waals surface area (Å²) < 4.78 is 5.21. The molecule has 0 aliphatic carbocycles. The highest BCUT2D eigenvalue weighted by atomic mass is 35.5. The zero-order valence-electron chi connectivity index (χ0n) is 22.6. The highest BCUT2D eigenvalue weighted by molar-refractivity contribution is 6.30. The lowest BCUT2D eigenvalue weighted by Crippen LogP contribution is -2.40. The minimum absolute atomic E-state index is 0.0291. The lowest BCUT2D eigenvalue weighted by Gasteiger charge is -2.32. The van der Waals surface area contributed by atoms with E-state index in [9.17, 15) is 9.59 Å². The van der Waals surface area contributed by atoms with Gasteiger partial charge in [0, 0.05) is 70.1 Å². The second-order valence-corrected chi connectivity index (χ2v) is 10.8. The predicted molar refractivity (Wildman–Crippen MR) is 152 cm³/mol. The molecule has 0 aromatic heterocycles. The lowest BCUT2D eigenvalue weighted by atomic mass is 10.1. The summed E-state index contributed by atoms with van der Waals surface area (Å²) in [6.45, 7) is 7.36. The van der Waals surface area contributed by atoms with Crippen molar-refractivity contribution < 1.29 is 14.3 Å². The van der Waals surface area contributed by atoms with Gasteiger partial charge < -0.3 is 19.4 Å². The topological polar surface area (TPSA) is 56.3 Å². The molecular weight excluding hydrogens is 500 g/mol. The first kappa shape index (κ1) is 28.6. The van der Waals surface area contributed by atoms with Gasteiger partial charge in [-0.15, -0.1) is 0 Å². The largest absolute Gasteiger partial charge is 0.375 e. The molecule has 0 spiro atoms. The van der Waals surface area contributed by atoms with Crippen LogP contribution in [0.1, 0.15) is 43.2 Å². The quantitative estimate of drug-likeness (QED) is 0.520. The third kappa shape index (κ3) is 8.27. The molecule has 2 heterocycles. The first-order valence-corrected chi connectivity index (χ1v) is 14.3. The summed E-state index contributed by atoms with van der Waals surface area (Å²) in [6, 6.07) is 16.0. The van der Waals surface area contributed by atoms with Gasteiger partial charge in [-0.3, -0.25) is 14.5 Å². The highest BCUT2D eigenvalue weighted by Crippen LogP contribution is 2.24. The van der Waals surface area contributed by atoms with Crippen LogP contribution in [0.5, 0.6) is 0 Å². The molecule has 0 saturated carbocycles. The lowest BCUT2D eigenvalue weighted by molar-refractivity contribution is -0.132. The minimum atomic E-state index is -0.0619. The second-order valence-electron chi connectivity index (χ2n) is 10.3. The molecule has 4 rings (SSSR count). The van der Waals surface area contributed by atoms with E-state index < -0.39 is 0 Å². The molecule has 206 valence electrons. The molecule has 1 fully saturated rings. The molecule has 0 radical (unpaired) electrons. The van der Waals surface area contributed by atoms with Gasteiger partial charge in [0.25, 0.3) is 5.91 Å². The van der Waals surface area contributed by atoms with E-state index in [0.29, 0.717) is 26.1 Å². The van der Waals surface area contributed by atoms with E-state index in [1.54, 1.807) is 7.11 Å². The Hall–Kier alpha value is -2.45. The number of benzene rings is 2. The van der Waals surface area contributed by atoms with Crippen molar-refractivity contribution in [2.45, 2.75) is 45.2 Å². The molecule has 38 heavy (non-hydrogen) atoms. The number of para-hydroxylation sites is 1. The van der Waals surface area contributed by atoms with Gasteiger partial charge >= 0.3 is 0 Å². The number of carbonyl (C=O) groups excluding carboxylic acids is 2. The number of anilines is 1. The van der Waals surface area contributed by atoms with E-state index in [4.69, 9.17) is 16.3 Å². The smallest absolute Gasteiger partial charge is 0.252 e. The van der Waals surface area contributed by atoms with Crippen LogP contribution in [0.15, 0.2) is 48.5 Å². The van der Waals surface area contributed by atoms with E-state index in [2.05, 4.69) is 21.9 Å². The summed E-state index contributed by atoms with van der Waals surface area (Å²) in [4.78, 5) is 35.3. The van der Waals surface area contributed by atoms with Crippen molar-refractivity contribution >= 4 is 29.1 Å². The number of nitrogens with zero attached hydrogens (tertiary/aromatic N) is 4. The molecule has 7 nitrogen and oxygen atoms in total. The second kappa shape index (κ2) is 14.6. The maximum absolute atomic E-state index is 13.5. The number of methoxy groups -OCH3 is 1. The fourth-order valence-corrected chi connectivity index (χ4v) is 5.59. The van der Waals surface area contributed by atoms with Crippen molar-refractivity contribution in [2.75, 3.05) is 64.4 Å². The molecular formula is C30H41ClN4O3. The molecule has 1 saturated heterocycles. The van der Waals surface area contributed by atoms with Crippen LogP contribution in [0.25, 0.3) is 0 Å². The zero-order valence-corrected chi connectivity index (χ0v) is 23.4. The number of ether oxygens (including phenoxy) is 1. The molecule has 2 aliphatic rings. The van der Waals surface area contributed by atoms with E-state index in [0.717, 1.165) is 68.4 Å². The summed E-state index contributed by atoms with van der Waals surface area (Å²) in [6.07, 6.45) is 4.72. The van der Waals surface area contributed by atoms with Gasteiger partial charge in [-0.05, 0) is 68.1 Å². The molecule has 2 amide bonds. The van der Waals surface area contributed by atoms with Gasteiger partial charge in [0.1, 0.15) is 6.61 Å². The summed E-state index contributed by atoms with van der Waals surface area (Å²) in [5, 5.41) is 0.733. The third-order valence-corrected chi connectivity index (χ3v) is 7.74. The predicted octanol–water partition coefficient (Wildman–Crippen LogP) is 4.43. The Labute approximate surface area is 232 Å². The van der Waals surface area contributed by atoms with E-state index in [1.165, 1.54) is 18.4 Å². The van der Waals surface area contributed by atoms with Crippen molar-refractivity contribution in [3.63, 3.8) is 0 Å². The molecule has 0 atom stereocenters. The molecule has 0 unspecified atom stereocenters. The molecule has 0 N–H and O–H groups in total. The van der Waals surface area contributed by atoms with Crippen LogP contribution in [0.4, 0.5) is 5.69 Å². The Morgan fingerprint density at radius 3 is 2.24 bits per heavy atom. The standard InChI is InChI=1S/C30H41ClN4O3/c1-38-24-30(37)35-20-7-18-33(22-25-10-12-27(31)13-11-25)17-6-19-34(23-26-8-2-3-9-28(26)35)29(36)14-21-32-15-4-5-16-32/h2-3,8-13H,4-7,14-24H2,1H3. The van der Waals surface area contributed by atoms with Crippen LogP contribution in [-0.4, -0.2) is 86.0 Å². The average Bonchev–Trinajstić information content (AvgIpc) is 3.44. The maximum atomic E-state index is 13.5. The first-order chi connectivity index (χ1) is 18.5. The summed E-state index contributed by atoms with van der Waals surface area (Å²) in [7, 11) is 1.55. The number of amides is 2. The van der Waals surface area contributed by atoms with Gasteiger partial charge in [-0.2, -0.15) is 0 Å². The molecule has 2 aromatic rings. The third-order valence-electron chi connectivity index (χ3n) is 7.48. The van der Waals surface area contributed by atoms with E-state index in [-0.39, 0.29) is 18.4 Å². The van der Waals surface area contributed by atoms with E-state index >= 15 is 0 Å². The number of likely N-dealkylation sites (tertiary alicyclic amines) is 1. The average molecular weight is 541 g/mol. The van der Waals surface area contributed by atoms with Crippen molar-refractivity contribution in [1.29, 1.82) is 0 Å². The Morgan fingerprint density at radius 2 is 1.50 bits per heavy atom. The summed E-state index contributed by atoms with van der Waals surface area (Å²) in [5.74, 6) is 0.121. The summed E-state index contributed by atoms with van der Waals surface area (Å²) in [5.41, 5.74) is 3.08. The Bertz CT molecular complexity index is 1040. The minimum Gasteiger partial charge on any atom is -0.375 e. The van der Waals surface area contributed by atoms with Crippen molar-refractivity contribution in [1.82, 2.24) is 14.7 Å². The Balaban J connectivity index is 1.55. The van der Waals surface area contributed by atoms with Crippen LogP contribution in [0, 0.1) is 0 Å². The van der Waals surface area contributed by atoms with Gasteiger partial charge in [0.05, 0.1) is 0 Å². The van der Waals surface area contributed by atoms with Crippen molar-refractivity contribution in [2.24, 2.45) is 0 Å². The number of carbonyl (C=O) groups is 2. The van der Waals surface area contributed by atoms with E-state index in [1.807, 2.05) is 46.2 Å². The SMILES string of the molecule is COCC(=O)N1CCCN(Cc2ccc(Cl)cc2)CCCN(C(=O)CCN2CCCC2)Cc2ccccc21. The van der Waals surface area contributed by atoms with Crippen molar-refractivity contribution in [3.8, 4) is 0 Å². The number of rotatable bonds is 7. The van der Waals surface area contributed by atoms with Crippen molar-refractivity contribution in [3.05, 3.63) is 64.7 Å². The first-order valence-electron chi connectivity index (χ1n) is 13.9. The van der Waals surface area contributed by atoms with Gasteiger partial charge in [0.2, 0.25) is 5.91 Å². The maximum Gasteiger partial charge on any atom is 0.252 e. The Kier molecular flexibility index (Phi) is 11.0. The normalized spacial score (nSPS) is 18.1.